The third-order valence-electron chi connectivity index (χ3n) is 5.67. The van der Waals surface area contributed by atoms with Crippen molar-refractivity contribution in [3.8, 4) is 5.75 Å². The number of amides is 2. The highest BCUT2D eigenvalue weighted by molar-refractivity contribution is 9.10. The first-order chi connectivity index (χ1) is 17.0. The second kappa shape index (κ2) is 10.1. The zero-order valence-electron chi connectivity index (χ0n) is 18.4. The van der Waals surface area contributed by atoms with Crippen molar-refractivity contribution in [1.29, 1.82) is 0 Å². The second-order valence-electron chi connectivity index (χ2n) is 7.97. The molecule has 2 amide bonds. The van der Waals surface area contributed by atoms with Crippen LogP contribution in [0.4, 0.5) is 9.18 Å². The number of hydrogen-bond donors (Lipinski definition) is 0. The summed E-state index contributed by atoms with van der Waals surface area (Å²) >= 11 is 4.30. The molecule has 0 atom stereocenters. The van der Waals surface area contributed by atoms with Gasteiger partial charge in [-0.05, 0) is 58.4 Å². The number of halogens is 2. The van der Waals surface area contributed by atoms with Crippen LogP contribution in [0.3, 0.4) is 0 Å². The zero-order chi connectivity index (χ0) is 24.4. The normalized spacial score (nSPS) is 14.8. The molecule has 1 saturated heterocycles. The quantitative estimate of drug-likeness (QED) is 0.234. The minimum Gasteiger partial charge on any atom is -0.488 e. The first-order valence-electron chi connectivity index (χ1n) is 10.9. The number of rotatable bonds is 6. The van der Waals surface area contributed by atoms with Crippen LogP contribution in [0.1, 0.15) is 16.7 Å². The van der Waals surface area contributed by atoms with Gasteiger partial charge >= 0.3 is 0 Å². The fraction of sp³-hybridized carbons (Fsp3) is 0.0714. The Kier molecular flexibility index (Phi) is 6.70. The summed E-state index contributed by atoms with van der Waals surface area (Å²) in [7, 11) is 0. The summed E-state index contributed by atoms with van der Waals surface area (Å²) in [6.45, 7) is 0.234. The van der Waals surface area contributed by atoms with Crippen molar-refractivity contribution in [1.82, 2.24) is 4.90 Å². The van der Waals surface area contributed by atoms with Crippen molar-refractivity contribution in [2.75, 3.05) is 0 Å². The molecule has 0 bridgehead atoms. The van der Waals surface area contributed by atoms with Gasteiger partial charge in [0.1, 0.15) is 18.2 Å². The van der Waals surface area contributed by atoms with Gasteiger partial charge in [-0.25, -0.2) is 4.39 Å². The number of ether oxygens (including phenoxy) is 1. The highest BCUT2D eigenvalue weighted by atomic mass is 79.9. The Morgan fingerprint density at radius 3 is 2.46 bits per heavy atom. The highest BCUT2D eigenvalue weighted by Gasteiger charge is 2.35. The highest BCUT2D eigenvalue weighted by Crippen LogP contribution is 2.37. The minimum atomic E-state index is -0.351. The lowest BCUT2D eigenvalue weighted by atomic mass is 10.0. The number of carbonyl (C=O) groups excluding carboxylic acids is 2. The van der Waals surface area contributed by atoms with Crippen LogP contribution in [0.2, 0.25) is 0 Å². The molecule has 1 heterocycles. The Hall–Kier alpha value is -3.42. The lowest BCUT2D eigenvalue weighted by Crippen LogP contribution is -2.27. The molecule has 174 valence electrons. The van der Waals surface area contributed by atoms with E-state index < -0.39 is 0 Å². The topological polar surface area (TPSA) is 46.6 Å². The van der Waals surface area contributed by atoms with Crippen LogP contribution in [0.5, 0.6) is 5.75 Å². The molecular weight excluding hydrogens is 529 g/mol. The van der Waals surface area contributed by atoms with Gasteiger partial charge in [-0.3, -0.25) is 14.5 Å². The van der Waals surface area contributed by atoms with E-state index in [-0.39, 0.29) is 30.1 Å². The minimum absolute atomic E-state index is 0.0386. The van der Waals surface area contributed by atoms with E-state index in [9.17, 15) is 14.0 Å². The molecule has 0 radical (unpaired) electrons. The smallest absolute Gasteiger partial charge is 0.293 e. The number of carbonyl (C=O) groups is 2. The molecule has 7 heteroatoms. The van der Waals surface area contributed by atoms with Gasteiger partial charge in [-0.1, -0.05) is 76.6 Å². The molecule has 4 nitrogen and oxygen atoms in total. The van der Waals surface area contributed by atoms with Gasteiger partial charge in [0.15, 0.2) is 0 Å². The predicted octanol–water partition coefficient (Wildman–Crippen LogP) is 7.56. The van der Waals surface area contributed by atoms with Crippen molar-refractivity contribution >= 4 is 55.7 Å². The summed E-state index contributed by atoms with van der Waals surface area (Å²) in [5, 5.41) is 1.52. The molecule has 5 rings (SSSR count). The van der Waals surface area contributed by atoms with Gasteiger partial charge < -0.3 is 4.74 Å². The zero-order valence-corrected chi connectivity index (χ0v) is 20.8. The predicted molar refractivity (Wildman–Crippen MR) is 140 cm³/mol. The van der Waals surface area contributed by atoms with Gasteiger partial charge in [0.2, 0.25) is 0 Å². The lowest BCUT2D eigenvalue weighted by molar-refractivity contribution is -0.123. The van der Waals surface area contributed by atoms with Gasteiger partial charge in [0, 0.05) is 15.6 Å². The maximum absolute atomic E-state index is 14.1. The van der Waals surface area contributed by atoms with E-state index in [1.807, 2.05) is 54.6 Å². The van der Waals surface area contributed by atoms with E-state index in [4.69, 9.17) is 4.74 Å². The Labute approximate surface area is 214 Å². The van der Waals surface area contributed by atoms with Crippen molar-refractivity contribution < 1.29 is 18.7 Å². The van der Waals surface area contributed by atoms with Gasteiger partial charge in [0.25, 0.3) is 11.1 Å². The molecule has 4 aromatic rings. The molecule has 35 heavy (non-hydrogen) atoms. The molecule has 0 unspecified atom stereocenters. The SMILES string of the molecule is O=C1S/C(=C\c2c(OCc3ccccc3F)ccc3ccccc23)C(=O)N1Cc1ccc(Br)cc1. The van der Waals surface area contributed by atoms with Crippen molar-refractivity contribution in [2.45, 2.75) is 13.2 Å². The molecule has 1 fully saturated rings. The molecule has 0 aliphatic carbocycles. The van der Waals surface area contributed by atoms with Crippen LogP contribution in [0.15, 0.2) is 94.3 Å². The van der Waals surface area contributed by atoms with E-state index in [1.54, 1.807) is 30.3 Å². The number of hydrogen-bond acceptors (Lipinski definition) is 4. The third-order valence-corrected chi connectivity index (χ3v) is 7.11. The Balaban J connectivity index is 1.48. The maximum atomic E-state index is 14.1. The molecule has 4 aromatic carbocycles. The van der Waals surface area contributed by atoms with Crippen LogP contribution in [-0.2, 0) is 17.9 Å². The number of benzene rings is 4. The number of imide groups is 1. The van der Waals surface area contributed by atoms with Crippen LogP contribution in [0.25, 0.3) is 16.8 Å². The summed E-state index contributed by atoms with van der Waals surface area (Å²) < 4.78 is 21.1. The van der Waals surface area contributed by atoms with Crippen LogP contribution in [-0.4, -0.2) is 16.0 Å². The van der Waals surface area contributed by atoms with E-state index >= 15 is 0 Å². The van der Waals surface area contributed by atoms with E-state index in [0.29, 0.717) is 21.8 Å². The monoisotopic (exact) mass is 547 g/mol. The van der Waals surface area contributed by atoms with Crippen molar-refractivity contribution in [2.24, 2.45) is 0 Å². The standard InChI is InChI=1S/C28H19BrFNO3S/c29-21-12-9-18(10-13-21)16-31-27(32)26(35-28(31)33)15-23-22-7-3-1-5-19(22)11-14-25(23)34-17-20-6-2-4-8-24(20)30/h1-15H,16-17H2/b26-15-. The average molecular weight is 548 g/mol. The molecule has 0 aromatic heterocycles. The molecule has 1 aliphatic rings. The molecule has 0 N–H and O–H groups in total. The Bertz CT molecular complexity index is 1470. The fourth-order valence-electron chi connectivity index (χ4n) is 3.86. The Morgan fingerprint density at radius 2 is 1.66 bits per heavy atom. The fourth-order valence-corrected chi connectivity index (χ4v) is 4.95. The van der Waals surface area contributed by atoms with Crippen molar-refractivity contribution in [3.63, 3.8) is 0 Å². The number of nitrogens with zero attached hydrogens (tertiary/aromatic N) is 1. The average Bonchev–Trinajstić information content (AvgIpc) is 3.13. The van der Waals surface area contributed by atoms with Crippen LogP contribution in [0, 0.1) is 5.82 Å². The summed E-state index contributed by atoms with van der Waals surface area (Å²) in [4.78, 5) is 27.4. The summed E-state index contributed by atoms with van der Waals surface area (Å²) in [5.74, 6) is -0.188. The number of fused-ring (bicyclic) bond motifs is 1. The van der Waals surface area contributed by atoms with Crippen LogP contribution >= 0.6 is 27.7 Å². The van der Waals surface area contributed by atoms with Gasteiger partial charge in [0.05, 0.1) is 11.4 Å². The molecule has 1 aliphatic heterocycles. The first kappa shape index (κ1) is 23.3. The van der Waals surface area contributed by atoms with Gasteiger partial charge in [-0.2, -0.15) is 0 Å². The molecule has 0 saturated carbocycles. The first-order valence-corrected chi connectivity index (χ1v) is 12.5. The summed E-state index contributed by atoms with van der Waals surface area (Å²) in [6, 6.07) is 25.4. The van der Waals surface area contributed by atoms with E-state index in [0.717, 1.165) is 32.6 Å². The molecule has 0 spiro atoms. The summed E-state index contributed by atoms with van der Waals surface area (Å²) in [5.41, 5.74) is 1.96. The second-order valence-corrected chi connectivity index (χ2v) is 9.88. The van der Waals surface area contributed by atoms with E-state index in [1.165, 1.54) is 11.0 Å². The van der Waals surface area contributed by atoms with Crippen LogP contribution < -0.4 is 4.74 Å². The van der Waals surface area contributed by atoms with Crippen molar-refractivity contribution in [3.05, 3.63) is 117 Å². The van der Waals surface area contributed by atoms with E-state index in [2.05, 4.69) is 15.9 Å². The summed E-state index contributed by atoms with van der Waals surface area (Å²) in [6.07, 6.45) is 1.70. The maximum Gasteiger partial charge on any atom is 0.293 e. The number of thioether (sulfide) groups is 1. The third kappa shape index (κ3) is 5.01. The molecular formula is C28H19BrFNO3S. The van der Waals surface area contributed by atoms with Gasteiger partial charge in [-0.15, -0.1) is 0 Å². The lowest BCUT2D eigenvalue weighted by Gasteiger charge is -2.14. The largest absolute Gasteiger partial charge is 0.488 e. The Morgan fingerprint density at radius 1 is 0.914 bits per heavy atom.